The van der Waals surface area contributed by atoms with Crippen molar-refractivity contribution in [1.29, 1.82) is 0 Å². The summed E-state index contributed by atoms with van der Waals surface area (Å²) >= 11 is 3.53. The van der Waals surface area contributed by atoms with Gasteiger partial charge in [-0.25, -0.2) is 0 Å². The van der Waals surface area contributed by atoms with Gasteiger partial charge in [0.25, 0.3) is 0 Å². The third-order valence-electron chi connectivity index (χ3n) is 2.89. The summed E-state index contributed by atoms with van der Waals surface area (Å²) in [5, 5.41) is 3.38. The number of nitrogens with zero attached hydrogens (tertiary/aromatic N) is 1. The number of hydrogen-bond acceptors (Lipinski definition) is 4. The maximum Gasteiger partial charge on any atom is 0.0637 e. The van der Waals surface area contributed by atoms with Gasteiger partial charge in [-0.15, -0.1) is 0 Å². The lowest BCUT2D eigenvalue weighted by Crippen LogP contribution is -2.25. The van der Waals surface area contributed by atoms with Crippen LogP contribution in [-0.2, 0) is 16.0 Å². The second-order valence-corrected chi connectivity index (χ2v) is 5.27. The first-order chi connectivity index (χ1) is 9.19. The summed E-state index contributed by atoms with van der Waals surface area (Å²) in [6.07, 6.45) is 0. The molecule has 19 heavy (non-hydrogen) atoms. The zero-order valence-corrected chi connectivity index (χ0v) is 13.5. The van der Waals surface area contributed by atoms with Crippen LogP contribution in [0.5, 0.6) is 0 Å². The molecule has 0 aliphatic rings. The van der Waals surface area contributed by atoms with Gasteiger partial charge in [-0.2, -0.15) is 0 Å². The fourth-order valence-electron chi connectivity index (χ4n) is 1.79. The number of benzene rings is 1. The Bertz CT molecular complexity index is 374. The Hall–Kier alpha value is -0.620. The van der Waals surface area contributed by atoms with E-state index in [4.69, 9.17) is 9.47 Å². The monoisotopic (exact) mass is 330 g/mol. The number of likely N-dealkylation sites (N-methyl/N-ethyl adjacent to an activating group) is 1. The van der Waals surface area contributed by atoms with Gasteiger partial charge in [0.2, 0.25) is 0 Å². The molecule has 0 aliphatic carbocycles. The van der Waals surface area contributed by atoms with Crippen LogP contribution in [0, 0.1) is 0 Å². The Labute approximate surface area is 124 Å². The van der Waals surface area contributed by atoms with E-state index in [0.29, 0.717) is 0 Å². The van der Waals surface area contributed by atoms with Gasteiger partial charge in [-0.3, -0.25) is 0 Å². The highest BCUT2D eigenvalue weighted by atomic mass is 79.9. The average Bonchev–Trinajstić information content (AvgIpc) is 2.42. The number of nitrogens with one attached hydrogen (secondary N) is 1. The van der Waals surface area contributed by atoms with Gasteiger partial charge in [0.05, 0.1) is 13.2 Å². The number of ether oxygens (including phenoxy) is 2. The van der Waals surface area contributed by atoms with Crippen molar-refractivity contribution < 1.29 is 9.47 Å². The standard InChI is InChI=1S/C14H23BrN2O2/c1-17(7-9-19-3)14-10-13(15)5-4-12(14)11-16-6-8-18-2/h4-5,10,16H,6-9,11H2,1-3H3. The van der Waals surface area contributed by atoms with Gasteiger partial charge in [0.1, 0.15) is 0 Å². The molecule has 0 saturated heterocycles. The molecule has 0 bridgehead atoms. The summed E-state index contributed by atoms with van der Waals surface area (Å²) in [6, 6.07) is 6.35. The summed E-state index contributed by atoms with van der Waals surface area (Å²) < 4.78 is 11.3. The minimum Gasteiger partial charge on any atom is -0.383 e. The number of rotatable bonds is 9. The largest absolute Gasteiger partial charge is 0.383 e. The molecular weight excluding hydrogens is 308 g/mol. The normalized spacial score (nSPS) is 10.7. The van der Waals surface area contributed by atoms with Gasteiger partial charge >= 0.3 is 0 Å². The minimum absolute atomic E-state index is 0.722. The molecule has 0 saturated carbocycles. The summed E-state index contributed by atoms with van der Waals surface area (Å²) in [6.45, 7) is 4.01. The minimum atomic E-state index is 0.722. The van der Waals surface area contributed by atoms with Gasteiger partial charge < -0.3 is 19.7 Å². The molecule has 0 heterocycles. The van der Waals surface area contributed by atoms with Crippen LogP contribution in [0.2, 0.25) is 0 Å². The third-order valence-corrected chi connectivity index (χ3v) is 3.38. The van der Waals surface area contributed by atoms with E-state index in [1.54, 1.807) is 14.2 Å². The van der Waals surface area contributed by atoms with E-state index in [9.17, 15) is 0 Å². The van der Waals surface area contributed by atoms with Gasteiger partial charge in [0.15, 0.2) is 0 Å². The molecule has 0 spiro atoms. The summed E-state index contributed by atoms with van der Waals surface area (Å²) in [4.78, 5) is 2.21. The van der Waals surface area contributed by atoms with Crippen LogP contribution in [0.1, 0.15) is 5.56 Å². The molecule has 0 aromatic heterocycles. The first kappa shape index (κ1) is 16.4. The smallest absolute Gasteiger partial charge is 0.0637 e. The Kier molecular flexibility index (Phi) is 8.05. The Morgan fingerprint density at radius 3 is 2.63 bits per heavy atom. The second-order valence-electron chi connectivity index (χ2n) is 4.36. The highest BCUT2D eigenvalue weighted by Gasteiger charge is 2.08. The van der Waals surface area contributed by atoms with Crippen molar-refractivity contribution in [2.24, 2.45) is 0 Å². The first-order valence-corrected chi connectivity index (χ1v) is 7.16. The van der Waals surface area contributed by atoms with Gasteiger partial charge in [0, 0.05) is 51.1 Å². The van der Waals surface area contributed by atoms with Crippen molar-refractivity contribution >= 4 is 21.6 Å². The van der Waals surface area contributed by atoms with E-state index >= 15 is 0 Å². The van der Waals surface area contributed by atoms with Crippen molar-refractivity contribution in [2.75, 3.05) is 52.5 Å². The van der Waals surface area contributed by atoms with Crippen molar-refractivity contribution in [2.45, 2.75) is 6.54 Å². The molecule has 0 aliphatic heterocycles. The van der Waals surface area contributed by atoms with Crippen LogP contribution >= 0.6 is 15.9 Å². The van der Waals surface area contributed by atoms with Crippen LogP contribution in [0.15, 0.2) is 22.7 Å². The van der Waals surface area contributed by atoms with Gasteiger partial charge in [-0.1, -0.05) is 22.0 Å². The lowest BCUT2D eigenvalue weighted by Gasteiger charge is -2.22. The Morgan fingerprint density at radius 2 is 1.95 bits per heavy atom. The van der Waals surface area contributed by atoms with E-state index in [1.807, 2.05) is 0 Å². The number of methoxy groups -OCH3 is 2. The van der Waals surface area contributed by atoms with E-state index < -0.39 is 0 Å². The summed E-state index contributed by atoms with van der Waals surface area (Å²) in [5.41, 5.74) is 2.49. The van der Waals surface area contributed by atoms with E-state index in [0.717, 1.165) is 37.3 Å². The molecule has 4 nitrogen and oxygen atoms in total. The number of hydrogen-bond donors (Lipinski definition) is 1. The summed E-state index contributed by atoms with van der Waals surface area (Å²) in [5.74, 6) is 0. The maximum atomic E-state index is 5.13. The lowest BCUT2D eigenvalue weighted by atomic mass is 10.1. The summed E-state index contributed by atoms with van der Waals surface area (Å²) in [7, 11) is 5.52. The number of halogens is 1. The molecule has 1 aromatic rings. The predicted octanol–water partition coefficient (Wildman–Crippen LogP) is 2.27. The highest BCUT2D eigenvalue weighted by molar-refractivity contribution is 9.10. The predicted molar refractivity (Wildman–Crippen MR) is 82.9 cm³/mol. The molecule has 0 atom stereocenters. The molecule has 5 heteroatoms. The quantitative estimate of drug-likeness (QED) is 0.704. The van der Waals surface area contributed by atoms with Crippen LogP contribution < -0.4 is 10.2 Å². The molecule has 1 N–H and O–H groups in total. The first-order valence-electron chi connectivity index (χ1n) is 6.37. The van der Waals surface area contributed by atoms with Crippen molar-refractivity contribution in [3.8, 4) is 0 Å². The highest BCUT2D eigenvalue weighted by Crippen LogP contribution is 2.24. The fourth-order valence-corrected chi connectivity index (χ4v) is 2.14. The molecule has 0 unspecified atom stereocenters. The van der Waals surface area contributed by atoms with Crippen LogP contribution in [-0.4, -0.2) is 47.6 Å². The SMILES string of the molecule is COCCNCc1ccc(Br)cc1N(C)CCOC. The molecule has 1 rings (SSSR count). The topological polar surface area (TPSA) is 33.7 Å². The average molecular weight is 331 g/mol. The molecule has 0 radical (unpaired) electrons. The third kappa shape index (κ3) is 5.91. The molecule has 0 amide bonds. The van der Waals surface area contributed by atoms with Crippen molar-refractivity contribution in [3.63, 3.8) is 0 Å². The fraction of sp³-hybridized carbons (Fsp3) is 0.571. The van der Waals surface area contributed by atoms with Crippen LogP contribution in [0.25, 0.3) is 0 Å². The van der Waals surface area contributed by atoms with Crippen molar-refractivity contribution in [3.05, 3.63) is 28.2 Å². The molecule has 0 fully saturated rings. The Morgan fingerprint density at radius 1 is 1.21 bits per heavy atom. The molecule has 1 aromatic carbocycles. The van der Waals surface area contributed by atoms with E-state index in [2.05, 4.69) is 51.4 Å². The van der Waals surface area contributed by atoms with Crippen LogP contribution in [0.4, 0.5) is 5.69 Å². The zero-order chi connectivity index (χ0) is 14.1. The Balaban J connectivity index is 2.67. The zero-order valence-electron chi connectivity index (χ0n) is 11.9. The maximum absolute atomic E-state index is 5.13. The molecular formula is C14H23BrN2O2. The second kappa shape index (κ2) is 9.31. The lowest BCUT2D eigenvalue weighted by molar-refractivity contribution is 0.199. The molecule has 108 valence electrons. The van der Waals surface area contributed by atoms with Crippen molar-refractivity contribution in [1.82, 2.24) is 5.32 Å². The van der Waals surface area contributed by atoms with E-state index in [-0.39, 0.29) is 0 Å². The van der Waals surface area contributed by atoms with E-state index in [1.165, 1.54) is 11.3 Å². The number of anilines is 1. The van der Waals surface area contributed by atoms with Gasteiger partial charge in [-0.05, 0) is 17.7 Å². The van der Waals surface area contributed by atoms with Crippen LogP contribution in [0.3, 0.4) is 0 Å².